The summed E-state index contributed by atoms with van der Waals surface area (Å²) in [6, 6.07) is 15.9. The molecule has 3 aromatic rings. The first-order valence-electron chi connectivity index (χ1n) is 9.95. The fourth-order valence-corrected chi connectivity index (χ4v) is 4.09. The fourth-order valence-electron chi connectivity index (χ4n) is 3.37. The van der Waals surface area contributed by atoms with Gasteiger partial charge in [0.1, 0.15) is 17.2 Å². The Morgan fingerprint density at radius 1 is 1.00 bits per heavy atom. The Balaban J connectivity index is 1.35. The van der Waals surface area contributed by atoms with Gasteiger partial charge in [-0.15, -0.1) is 0 Å². The highest BCUT2D eigenvalue weighted by Gasteiger charge is 2.15. The SMILES string of the molecule is O=C(NCCc1ccc(Cl)cc1Cl)c1ccc(Oc2cc3c(cc2Cl)CCCO3)cc1. The molecule has 4 rings (SSSR count). The minimum atomic E-state index is -0.170. The number of nitrogens with one attached hydrogen (secondary N) is 1. The summed E-state index contributed by atoms with van der Waals surface area (Å²) in [6.45, 7) is 1.16. The molecule has 0 saturated heterocycles. The van der Waals surface area contributed by atoms with E-state index in [1.54, 1.807) is 36.4 Å². The second-order valence-corrected chi connectivity index (χ2v) is 8.46. The highest BCUT2D eigenvalue weighted by Crippen LogP contribution is 2.37. The molecule has 1 amide bonds. The average Bonchev–Trinajstić information content (AvgIpc) is 2.76. The van der Waals surface area contributed by atoms with Crippen LogP contribution >= 0.6 is 34.8 Å². The Bertz CT molecular complexity index is 1100. The topological polar surface area (TPSA) is 47.6 Å². The molecule has 0 radical (unpaired) electrons. The summed E-state index contributed by atoms with van der Waals surface area (Å²) in [5, 5.41) is 4.61. The normalized spacial score (nSPS) is 12.6. The molecule has 0 unspecified atom stereocenters. The number of benzene rings is 3. The third kappa shape index (κ3) is 5.45. The van der Waals surface area contributed by atoms with Gasteiger partial charge in [0.25, 0.3) is 5.91 Å². The highest BCUT2D eigenvalue weighted by atomic mass is 35.5. The third-order valence-corrected chi connectivity index (χ3v) is 5.88. The molecular formula is C24H20Cl3NO3. The molecule has 0 spiro atoms. The third-order valence-electron chi connectivity index (χ3n) is 5.00. The van der Waals surface area contributed by atoms with Gasteiger partial charge < -0.3 is 14.8 Å². The number of rotatable bonds is 6. The second kappa shape index (κ2) is 9.82. The van der Waals surface area contributed by atoms with Crippen molar-refractivity contribution in [3.05, 3.63) is 86.4 Å². The molecule has 0 atom stereocenters. The number of hydrogen-bond acceptors (Lipinski definition) is 3. The zero-order valence-electron chi connectivity index (χ0n) is 16.6. The summed E-state index contributed by atoms with van der Waals surface area (Å²) in [5.41, 5.74) is 2.56. The Hall–Kier alpha value is -2.40. The van der Waals surface area contributed by atoms with Gasteiger partial charge in [-0.25, -0.2) is 0 Å². The van der Waals surface area contributed by atoms with Gasteiger partial charge in [0, 0.05) is 28.2 Å². The van der Waals surface area contributed by atoms with Crippen molar-refractivity contribution >= 4 is 40.7 Å². The van der Waals surface area contributed by atoms with Gasteiger partial charge in [-0.05, 0) is 72.9 Å². The summed E-state index contributed by atoms with van der Waals surface area (Å²) in [7, 11) is 0. The van der Waals surface area contributed by atoms with Crippen molar-refractivity contribution < 1.29 is 14.3 Å². The van der Waals surface area contributed by atoms with Crippen LogP contribution in [0.3, 0.4) is 0 Å². The Morgan fingerprint density at radius 2 is 1.81 bits per heavy atom. The fraction of sp³-hybridized carbons (Fsp3) is 0.208. The smallest absolute Gasteiger partial charge is 0.251 e. The number of ether oxygens (including phenoxy) is 2. The van der Waals surface area contributed by atoms with Crippen molar-refractivity contribution in [2.24, 2.45) is 0 Å². The molecule has 0 aliphatic carbocycles. The Labute approximate surface area is 196 Å². The predicted molar refractivity (Wildman–Crippen MR) is 124 cm³/mol. The van der Waals surface area contributed by atoms with E-state index in [0.29, 0.717) is 51.7 Å². The maximum Gasteiger partial charge on any atom is 0.251 e. The van der Waals surface area contributed by atoms with Crippen molar-refractivity contribution in [3.63, 3.8) is 0 Å². The van der Waals surface area contributed by atoms with Crippen LogP contribution in [0.1, 0.15) is 27.9 Å². The number of amides is 1. The van der Waals surface area contributed by atoms with E-state index in [2.05, 4.69) is 5.32 Å². The van der Waals surface area contributed by atoms with E-state index in [1.165, 1.54) is 0 Å². The molecule has 0 fully saturated rings. The van der Waals surface area contributed by atoms with Gasteiger partial charge in [-0.2, -0.15) is 0 Å². The standard InChI is InChI=1S/C24H20Cl3NO3/c25-18-6-3-15(20(26)13-18)9-10-28-24(29)16-4-7-19(8-5-16)31-23-14-22-17(12-21(23)27)2-1-11-30-22/h3-8,12-14H,1-2,9-11H2,(H,28,29). The largest absolute Gasteiger partial charge is 0.493 e. The van der Waals surface area contributed by atoms with Crippen LogP contribution in [0.15, 0.2) is 54.6 Å². The lowest BCUT2D eigenvalue weighted by molar-refractivity contribution is 0.0954. The number of fused-ring (bicyclic) bond motifs is 1. The van der Waals surface area contributed by atoms with E-state index < -0.39 is 0 Å². The summed E-state index contributed by atoms with van der Waals surface area (Å²) in [6.07, 6.45) is 2.55. The maximum atomic E-state index is 12.4. The van der Waals surface area contributed by atoms with Crippen molar-refractivity contribution in [2.45, 2.75) is 19.3 Å². The first kappa shape index (κ1) is 21.8. The first-order chi connectivity index (χ1) is 15.0. The van der Waals surface area contributed by atoms with Gasteiger partial charge in [0.15, 0.2) is 0 Å². The maximum absolute atomic E-state index is 12.4. The summed E-state index contributed by atoms with van der Waals surface area (Å²) in [4.78, 5) is 12.4. The van der Waals surface area contributed by atoms with Crippen molar-refractivity contribution in [1.29, 1.82) is 0 Å². The second-order valence-electron chi connectivity index (χ2n) is 7.21. The first-order valence-corrected chi connectivity index (χ1v) is 11.1. The Kier molecular flexibility index (Phi) is 6.91. The molecule has 7 heteroatoms. The molecule has 3 aromatic carbocycles. The predicted octanol–water partition coefficient (Wildman–Crippen LogP) is 6.74. The monoisotopic (exact) mass is 475 g/mol. The average molecular weight is 477 g/mol. The molecule has 1 aliphatic rings. The van der Waals surface area contributed by atoms with Crippen molar-refractivity contribution in [2.75, 3.05) is 13.2 Å². The van der Waals surface area contributed by atoms with E-state index >= 15 is 0 Å². The number of aryl methyl sites for hydroxylation is 1. The number of carbonyl (C=O) groups is 1. The van der Waals surface area contributed by atoms with Crippen molar-refractivity contribution in [3.8, 4) is 17.2 Å². The minimum Gasteiger partial charge on any atom is -0.493 e. The van der Waals surface area contributed by atoms with Crippen LogP contribution in [0, 0.1) is 0 Å². The van der Waals surface area contributed by atoms with Crippen LogP contribution < -0.4 is 14.8 Å². The van der Waals surface area contributed by atoms with Gasteiger partial charge in [0.05, 0.1) is 11.6 Å². The van der Waals surface area contributed by atoms with Crippen LogP contribution in [-0.4, -0.2) is 19.1 Å². The zero-order valence-corrected chi connectivity index (χ0v) is 18.9. The van der Waals surface area contributed by atoms with Crippen LogP contribution in [0.2, 0.25) is 15.1 Å². The molecule has 0 aromatic heterocycles. The quantitative estimate of drug-likeness (QED) is 0.429. The van der Waals surface area contributed by atoms with Gasteiger partial charge in [-0.1, -0.05) is 40.9 Å². The highest BCUT2D eigenvalue weighted by molar-refractivity contribution is 6.35. The molecule has 4 nitrogen and oxygen atoms in total. The molecule has 0 bridgehead atoms. The summed E-state index contributed by atoms with van der Waals surface area (Å²) < 4.78 is 11.6. The van der Waals surface area contributed by atoms with Crippen LogP contribution in [0.25, 0.3) is 0 Å². The van der Waals surface area contributed by atoms with Crippen LogP contribution in [0.5, 0.6) is 17.2 Å². The van der Waals surface area contributed by atoms with E-state index in [-0.39, 0.29) is 5.91 Å². The van der Waals surface area contributed by atoms with Crippen molar-refractivity contribution in [1.82, 2.24) is 5.32 Å². The van der Waals surface area contributed by atoms with E-state index in [1.807, 2.05) is 18.2 Å². The molecule has 1 N–H and O–H groups in total. The van der Waals surface area contributed by atoms with Gasteiger partial charge in [0.2, 0.25) is 0 Å². The minimum absolute atomic E-state index is 0.170. The zero-order chi connectivity index (χ0) is 21.8. The van der Waals surface area contributed by atoms with Crippen LogP contribution in [0.4, 0.5) is 0 Å². The van der Waals surface area contributed by atoms with E-state index in [0.717, 1.165) is 29.7 Å². The molecule has 1 aliphatic heterocycles. The summed E-state index contributed by atoms with van der Waals surface area (Å²) >= 11 is 18.4. The lowest BCUT2D eigenvalue weighted by Crippen LogP contribution is -2.25. The lowest BCUT2D eigenvalue weighted by atomic mass is 10.1. The van der Waals surface area contributed by atoms with Gasteiger partial charge in [-0.3, -0.25) is 4.79 Å². The van der Waals surface area contributed by atoms with Crippen LogP contribution in [-0.2, 0) is 12.8 Å². The van der Waals surface area contributed by atoms with E-state index in [4.69, 9.17) is 44.3 Å². The number of hydrogen-bond donors (Lipinski definition) is 1. The molecule has 0 saturated carbocycles. The summed E-state index contributed by atoms with van der Waals surface area (Å²) in [5.74, 6) is 1.75. The molecule has 1 heterocycles. The number of carbonyl (C=O) groups excluding carboxylic acids is 1. The van der Waals surface area contributed by atoms with Gasteiger partial charge >= 0.3 is 0 Å². The molecular weight excluding hydrogens is 457 g/mol. The molecule has 160 valence electrons. The van der Waals surface area contributed by atoms with E-state index in [9.17, 15) is 4.79 Å². The lowest BCUT2D eigenvalue weighted by Gasteiger charge is -2.19. The molecule has 31 heavy (non-hydrogen) atoms. The number of halogens is 3. The Morgan fingerprint density at radius 3 is 2.58 bits per heavy atom.